The van der Waals surface area contributed by atoms with Gasteiger partial charge in [-0.05, 0) is 51.4 Å². The molecular formula is C34H66N4O4Si6Zr. The van der Waals surface area contributed by atoms with Gasteiger partial charge in [0.1, 0.15) is 28.1 Å². The Hall–Kier alpha value is -1.50. The van der Waals surface area contributed by atoms with Gasteiger partial charge in [0.2, 0.25) is 0 Å². The van der Waals surface area contributed by atoms with Crippen molar-refractivity contribution in [3.8, 4) is 0 Å². The van der Waals surface area contributed by atoms with Gasteiger partial charge in [0.15, 0.2) is 16.5 Å². The molecule has 4 N–H and O–H groups in total. The molecule has 0 fully saturated rings. The topological polar surface area (TPSA) is 123 Å². The van der Waals surface area contributed by atoms with Crippen LogP contribution in [0.5, 0.6) is 0 Å². The quantitative estimate of drug-likeness (QED) is 0.119. The number of carboxylic acid groups (broad SMARTS) is 2. The van der Waals surface area contributed by atoms with Gasteiger partial charge in [-0.15, -0.1) is 0 Å². The van der Waals surface area contributed by atoms with Gasteiger partial charge in [0.25, 0.3) is 0 Å². The summed E-state index contributed by atoms with van der Waals surface area (Å²) in [7, 11) is -6.39. The van der Waals surface area contributed by atoms with E-state index in [0.717, 1.165) is 11.7 Å². The Morgan fingerprint density at radius 2 is 0.714 bits per heavy atom. The number of amidine groups is 2. The average molecular weight is 855 g/mol. The van der Waals surface area contributed by atoms with Gasteiger partial charge in [0.05, 0.1) is 11.1 Å². The van der Waals surface area contributed by atoms with Crippen molar-refractivity contribution in [1.82, 2.24) is 9.96 Å². The molecule has 0 spiro atoms. The van der Waals surface area contributed by atoms with E-state index in [9.17, 15) is 19.8 Å². The molecule has 2 aromatic carbocycles. The van der Waals surface area contributed by atoms with Crippen LogP contribution in [0.4, 0.5) is 0 Å². The first-order valence-corrected chi connectivity index (χ1v) is 36.3. The number of nitrogens with zero attached hydrogens (tertiary/aromatic N) is 2. The molecule has 0 saturated heterocycles. The van der Waals surface area contributed by atoms with E-state index in [1.807, 2.05) is 24.3 Å². The Bertz CT molecular complexity index is 1250. The summed E-state index contributed by atoms with van der Waals surface area (Å²) in [5.41, 5.74) is 1.97. The summed E-state index contributed by atoms with van der Waals surface area (Å²) in [6, 6.07) is 14.1. The van der Waals surface area contributed by atoms with Gasteiger partial charge in [0, 0.05) is 54.9 Å². The maximum absolute atomic E-state index is 11.4. The van der Waals surface area contributed by atoms with Crippen LogP contribution in [-0.2, 0) is 26.2 Å². The van der Waals surface area contributed by atoms with E-state index in [2.05, 4.69) is 128 Å². The molecule has 274 valence electrons. The second-order valence-corrected chi connectivity index (χ2v) is 41.3. The van der Waals surface area contributed by atoms with Crippen LogP contribution in [0.1, 0.15) is 31.8 Å². The predicted octanol–water partition coefficient (Wildman–Crippen LogP) is 9.52. The van der Waals surface area contributed by atoms with Crippen LogP contribution in [-0.4, -0.2) is 84.4 Å². The maximum atomic E-state index is 11.4. The summed E-state index contributed by atoms with van der Waals surface area (Å²) in [6.07, 6.45) is 0. The molecule has 0 aliphatic rings. The summed E-state index contributed by atoms with van der Waals surface area (Å²) < 4.78 is 9.65. The summed E-state index contributed by atoms with van der Waals surface area (Å²) in [6.45, 7) is 39.5. The van der Waals surface area contributed by atoms with Gasteiger partial charge in [-0.3, -0.25) is 0 Å². The van der Waals surface area contributed by atoms with Crippen molar-refractivity contribution >= 4 is 74.1 Å². The molecular weight excluding hydrogens is 788 g/mol. The van der Waals surface area contributed by atoms with E-state index >= 15 is 0 Å². The molecule has 0 saturated carbocycles. The molecule has 0 aliphatic carbocycles. The third-order valence-electron chi connectivity index (χ3n) is 4.71. The number of hydrogen-bond acceptors (Lipinski definition) is 4. The fourth-order valence-electron chi connectivity index (χ4n) is 3.44. The normalized spacial score (nSPS) is 12.2. The number of rotatable bonds is 8. The minimum Gasteiger partial charge on any atom is -0.478 e. The van der Waals surface area contributed by atoms with Gasteiger partial charge < -0.3 is 29.5 Å². The number of nitrogens with one attached hydrogen (secondary N) is 2. The van der Waals surface area contributed by atoms with Crippen molar-refractivity contribution < 1.29 is 46.0 Å². The van der Waals surface area contributed by atoms with Crippen LogP contribution < -0.4 is 9.96 Å². The van der Waals surface area contributed by atoms with Gasteiger partial charge in [-0.1, -0.05) is 115 Å². The van der Waals surface area contributed by atoms with Crippen LogP contribution in [0.15, 0.2) is 57.8 Å². The van der Waals surface area contributed by atoms with Crippen LogP contribution in [0.3, 0.4) is 0 Å². The zero-order valence-corrected chi connectivity index (χ0v) is 42.2. The smallest absolute Gasteiger partial charge is 0.336 e. The Labute approximate surface area is 325 Å². The zero-order chi connectivity index (χ0) is 38.3. The van der Waals surface area contributed by atoms with Crippen molar-refractivity contribution in [2.45, 2.75) is 118 Å². The second kappa shape index (κ2) is 23.1. The van der Waals surface area contributed by atoms with E-state index in [4.69, 9.17) is 9.32 Å². The zero-order valence-electron chi connectivity index (χ0n) is 33.7. The van der Waals surface area contributed by atoms with E-state index in [0.29, 0.717) is 22.3 Å². The first-order valence-electron chi connectivity index (χ1n) is 16.4. The summed E-state index contributed by atoms with van der Waals surface area (Å²) in [5.74, 6) is -0.356. The van der Waals surface area contributed by atoms with E-state index < -0.39 is 44.9 Å². The van der Waals surface area contributed by atoms with Crippen LogP contribution in [0.2, 0.25) is 118 Å². The number of hydrogen-bond donors (Lipinski definition) is 4. The first kappa shape index (κ1) is 51.9. The third-order valence-corrected chi connectivity index (χ3v) is 8.47. The van der Waals surface area contributed by atoms with Crippen molar-refractivity contribution in [1.29, 1.82) is 0 Å². The van der Waals surface area contributed by atoms with Crippen LogP contribution in [0, 0.1) is 0 Å². The molecule has 0 aromatic heterocycles. The molecule has 2 aromatic rings. The minimum atomic E-state index is -1.71. The van der Waals surface area contributed by atoms with Gasteiger partial charge >= 0.3 is 11.9 Å². The van der Waals surface area contributed by atoms with Crippen LogP contribution >= 0.6 is 0 Å². The Morgan fingerprint density at radius 1 is 0.510 bits per heavy atom. The molecule has 49 heavy (non-hydrogen) atoms. The fourth-order valence-corrected chi connectivity index (χ4v) is 7.16. The van der Waals surface area contributed by atoms with Crippen molar-refractivity contribution in [2.75, 3.05) is 0 Å². The molecule has 2 rings (SSSR count). The van der Waals surface area contributed by atoms with Crippen molar-refractivity contribution in [2.24, 2.45) is 9.32 Å². The van der Waals surface area contributed by atoms with Gasteiger partial charge in [-0.2, -0.15) is 0 Å². The van der Waals surface area contributed by atoms with Gasteiger partial charge in [-0.25, -0.2) is 9.59 Å². The molecule has 0 heterocycles. The molecule has 0 amide bonds. The first-order chi connectivity index (χ1) is 21.5. The average Bonchev–Trinajstić information content (AvgIpc) is 2.84. The molecule has 0 aliphatic heterocycles. The van der Waals surface area contributed by atoms with Crippen LogP contribution in [0.25, 0.3) is 0 Å². The number of carboxylic acids is 2. The van der Waals surface area contributed by atoms with E-state index in [1.54, 1.807) is 24.3 Å². The van der Waals surface area contributed by atoms with E-state index in [-0.39, 0.29) is 43.8 Å². The predicted molar refractivity (Wildman–Crippen MR) is 226 cm³/mol. The second-order valence-electron chi connectivity index (χ2n) is 16.7. The standard InChI is InChI=1S/2C14H24N2O2Si2.2C3H9Si.Zr/c2*1-19(2,3)15-13(16-20(4,5)6)11-9-7-8-10-12(11)14(17)18;2*1-4(2)3;/h2*7-10H,1-6H3,(H,15,16)(H,17,18);2*1-3H3;. The Kier molecular flexibility index (Phi) is 24.5. The Balaban J connectivity index is -0.000000696. The minimum absolute atomic E-state index is 0. The molecule has 8 nitrogen and oxygen atoms in total. The largest absolute Gasteiger partial charge is 0.478 e. The SMILES string of the molecule is C[Si](C)(C)N=C(N[Si](C)(C)C)c1ccccc1C(=O)O.C[Si](C)(C)N=C(N[Si](C)(C)C)c1ccccc1C(=O)O.C[Si](C)C.C[Si](C)C.[Zr]. The Morgan fingerprint density at radius 3 is 0.878 bits per heavy atom. The molecule has 0 unspecified atom stereocenters. The molecule has 0 atom stereocenters. The summed E-state index contributed by atoms with van der Waals surface area (Å²) >= 11 is 0. The van der Waals surface area contributed by atoms with Crippen molar-refractivity contribution in [3.05, 3.63) is 70.8 Å². The number of benzene rings is 2. The molecule has 2 radical (unpaired) electrons. The summed E-state index contributed by atoms with van der Waals surface area (Å²) in [5, 5.41) is 18.7. The monoisotopic (exact) mass is 852 g/mol. The molecule has 0 bridgehead atoms. The molecule has 15 heteroatoms. The maximum Gasteiger partial charge on any atom is 0.336 e. The van der Waals surface area contributed by atoms with Crippen molar-refractivity contribution in [3.63, 3.8) is 0 Å². The number of aromatic carboxylic acids is 2. The summed E-state index contributed by atoms with van der Waals surface area (Å²) in [4.78, 5) is 29.8. The van der Waals surface area contributed by atoms with E-state index in [1.165, 1.54) is 0 Å². The third kappa shape index (κ3) is 28.8. The number of carbonyl (C=O) groups is 2. The fraction of sp³-hybridized carbons (Fsp3) is 0.529.